The van der Waals surface area contributed by atoms with Crippen LogP contribution in [0.2, 0.25) is 0 Å². The Morgan fingerprint density at radius 3 is 2.45 bits per heavy atom. The fraction of sp³-hybridized carbons (Fsp3) is 0.684. The lowest BCUT2D eigenvalue weighted by atomic mass is 9.66. The van der Waals surface area contributed by atoms with E-state index in [0.29, 0.717) is 5.92 Å². The molecule has 0 spiro atoms. The first kappa shape index (κ1) is 14.1. The molecule has 1 aromatic carbocycles. The van der Waals surface area contributed by atoms with Gasteiger partial charge in [-0.3, -0.25) is 0 Å². The van der Waals surface area contributed by atoms with Gasteiger partial charge in [0, 0.05) is 0 Å². The quantitative estimate of drug-likeness (QED) is 0.808. The molecule has 3 rings (SSSR count). The molecule has 1 heteroatoms. The summed E-state index contributed by atoms with van der Waals surface area (Å²) < 4.78 is 0. The van der Waals surface area contributed by atoms with Gasteiger partial charge in [0.1, 0.15) is 0 Å². The van der Waals surface area contributed by atoms with Crippen molar-refractivity contribution in [2.24, 2.45) is 17.8 Å². The number of benzene rings is 1. The number of fused-ring (bicyclic) bond motifs is 1. The second-order valence-corrected chi connectivity index (χ2v) is 7.17. The molecule has 0 heterocycles. The molecule has 2 saturated carbocycles. The monoisotopic (exact) mass is 272 g/mol. The van der Waals surface area contributed by atoms with Gasteiger partial charge in [0.2, 0.25) is 0 Å². The second kappa shape index (κ2) is 5.89. The minimum absolute atomic E-state index is 0.253. The van der Waals surface area contributed by atoms with Gasteiger partial charge >= 0.3 is 0 Å². The average Bonchev–Trinajstić information content (AvgIpc) is 2.49. The first-order valence-corrected chi connectivity index (χ1v) is 8.40. The van der Waals surface area contributed by atoms with E-state index in [0.717, 1.165) is 17.4 Å². The van der Waals surface area contributed by atoms with E-state index in [1.807, 2.05) is 0 Å². The lowest BCUT2D eigenvalue weighted by Gasteiger charge is -2.41. The van der Waals surface area contributed by atoms with Crippen LogP contribution in [0.15, 0.2) is 18.2 Å². The molecule has 0 aromatic heterocycles. The molecule has 0 radical (unpaired) electrons. The molecule has 2 aliphatic carbocycles. The van der Waals surface area contributed by atoms with E-state index in [-0.39, 0.29) is 6.10 Å². The molecule has 4 atom stereocenters. The van der Waals surface area contributed by atoms with Crippen molar-refractivity contribution in [1.82, 2.24) is 0 Å². The SMILES string of the molecule is Cc1ccc(C(O)C2CCC3CCCCC3C2)cc1C. The summed E-state index contributed by atoms with van der Waals surface area (Å²) in [4.78, 5) is 0. The number of rotatable bonds is 2. The highest BCUT2D eigenvalue weighted by atomic mass is 16.3. The van der Waals surface area contributed by atoms with Crippen LogP contribution in [0.3, 0.4) is 0 Å². The standard InChI is InChI=1S/C19H28O/c1-13-7-8-17(11-14(13)2)19(20)18-10-9-15-5-3-4-6-16(15)12-18/h7-8,11,15-16,18-20H,3-6,9-10,12H2,1-2H3. The molecule has 1 aromatic rings. The zero-order valence-electron chi connectivity index (χ0n) is 12.9. The van der Waals surface area contributed by atoms with Gasteiger partial charge in [-0.05, 0) is 67.6 Å². The maximum absolute atomic E-state index is 10.8. The largest absolute Gasteiger partial charge is 0.388 e. The molecule has 0 aliphatic heterocycles. The molecule has 20 heavy (non-hydrogen) atoms. The third-order valence-electron chi connectivity index (χ3n) is 5.90. The maximum atomic E-state index is 10.8. The van der Waals surface area contributed by atoms with Crippen molar-refractivity contribution in [3.63, 3.8) is 0 Å². The summed E-state index contributed by atoms with van der Waals surface area (Å²) >= 11 is 0. The fourth-order valence-corrected chi connectivity index (χ4v) is 4.42. The number of aliphatic hydroxyl groups excluding tert-OH is 1. The maximum Gasteiger partial charge on any atom is 0.0818 e. The van der Waals surface area contributed by atoms with Crippen molar-refractivity contribution in [2.45, 2.75) is 64.9 Å². The second-order valence-electron chi connectivity index (χ2n) is 7.17. The Morgan fingerprint density at radius 1 is 0.950 bits per heavy atom. The van der Waals surface area contributed by atoms with Crippen molar-refractivity contribution in [3.8, 4) is 0 Å². The van der Waals surface area contributed by atoms with E-state index >= 15 is 0 Å². The summed E-state index contributed by atoms with van der Waals surface area (Å²) in [5.41, 5.74) is 3.75. The Hall–Kier alpha value is -0.820. The molecule has 1 N–H and O–H groups in total. The lowest BCUT2D eigenvalue weighted by molar-refractivity contribution is 0.0349. The predicted octanol–water partition coefficient (Wildman–Crippen LogP) is 4.94. The fourth-order valence-electron chi connectivity index (χ4n) is 4.42. The van der Waals surface area contributed by atoms with Gasteiger partial charge in [-0.25, -0.2) is 0 Å². The molecule has 1 nitrogen and oxygen atoms in total. The lowest BCUT2D eigenvalue weighted by Crippen LogP contribution is -2.30. The average molecular weight is 272 g/mol. The number of hydrogen-bond acceptors (Lipinski definition) is 1. The molecular formula is C19H28O. The minimum Gasteiger partial charge on any atom is -0.388 e. The van der Waals surface area contributed by atoms with Gasteiger partial charge in [-0.2, -0.15) is 0 Å². The van der Waals surface area contributed by atoms with E-state index in [4.69, 9.17) is 0 Å². The topological polar surface area (TPSA) is 20.2 Å². The Bertz CT molecular complexity index is 465. The van der Waals surface area contributed by atoms with Crippen LogP contribution in [-0.2, 0) is 0 Å². The Balaban J connectivity index is 1.70. The van der Waals surface area contributed by atoms with Crippen molar-refractivity contribution in [3.05, 3.63) is 34.9 Å². The van der Waals surface area contributed by atoms with E-state index in [1.54, 1.807) is 0 Å². The van der Waals surface area contributed by atoms with E-state index < -0.39 is 0 Å². The number of aliphatic hydroxyl groups is 1. The highest BCUT2D eigenvalue weighted by Gasteiger charge is 2.35. The Morgan fingerprint density at radius 2 is 1.70 bits per heavy atom. The number of aryl methyl sites for hydroxylation is 2. The minimum atomic E-state index is -0.253. The van der Waals surface area contributed by atoms with Gasteiger partial charge in [0.05, 0.1) is 6.10 Å². The molecule has 110 valence electrons. The van der Waals surface area contributed by atoms with Gasteiger partial charge in [-0.1, -0.05) is 43.9 Å². The molecule has 0 bridgehead atoms. The van der Waals surface area contributed by atoms with Crippen LogP contribution in [0.4, 0.5) is 0 Å². The van der Waals surface area contributed by atoms with Crippen LogP contribution in [0, 0.1) is 31.6 Å². The summed E-state index contributed by atoms with van der Waals surface area (Å²) in [6, 6.07) is 6.47. The zero-order valence-corrected chi connectivity index (χ0v) is 12.9. The van der Waals surface area contributed by atoms with E-state index in [2.05, 4.69) is 32.0 Å². The van der Waals surface area contributed by atoms with Gasteiger partial charge in [-0.15, -0.1) is 0 Å². The summed E-state index contributed by atoms with van der Waals surface area (Å²) in [6.45, 7) is 4.28. The van der Waals surface area contributed by atoms with Crippen LogP contribution < -0.4 is 0 Å². The third-order valence-corrected chi connectivity index (χ3v) is 5.90. The molecule has 0 amide bonds. The molecule has 2 fully saturated rings. The first-order valence-electron chi connectivity index (χ1n) is 8.40. The van der Waals surface area contributed by atoms with Crippen LogP contribution in [0.5, 0.6) is 0 Å². The molecule has 2 aliphatic rings. The van der Waals surface area contributed by atoms with Gasteiger partial charge < -0.3 is 5.11 Å². The predicted molar refractivity (Wildman–Crippen MR) is 83.7 cm³/mol. The van der Waals surface area contributed by atoms with E-state index in [9.17, 15) is 5.11 Å². The van der Waals surface area contributed by atoms with Crippen molar-refractivity contribution in [2.75, 3.05) is 0 Å². The summed E-state index contributed by atoms with van der Waals surface area (Å²) in [7, 11) is 0. The normalized spacial score (nSPS) is 31.6. The van der Waals surface area contributed by atoms with Crippen molar-refractivity contribution >= 4 is 0 Å². The molecular weight excluding hydrogens is 244 g/mol. The van der Waals surface area contributed by atoms with Crippen LogP contribution >= 0.6 is 0 Å². The summed E-state index contributed by atoms with van der Waals surface area (Å²) in [5, 5.41) is 10.8. The zero-order chi connectivity index (χ0) is 14.1. The van der Waals surface area contributed by atoms with Crippen LogP contribution in [-0.4, -0.2) is 5.11 Å². The summed E-state index contributed by atoms with van der Waals surface area (Å²) in [6.07, 6.45) is 9.25. The van der Waals surface area contributed by atoms with Gasteiger partial charge in [0.25, 0.3) is 0 Å². The van der Waals surface area contributed by atoms with Gasteiger partial charge in [0.15, 0.2) is 0 Å². The van der Waals surface area contributed by atoms with E-state index in [1.165, 1.54) is 56.1 Å². The Kier molecular flexibility index (Phi) is 4.16. The molecule has 4 unspecified atom stereocenters. The molecule has 0 saturated heterocycles. The van der Waals surface area contributed by atoms with Crippen molar-refractivity contribution < 1.29 is 5.11 Å². The third kappa shape index (κ3) is 2.79. The first-order chi connectivity index (χ1) is 9.65. The highest BCUT2D eigenvalue weighted by Crippen LogP contribution is 2.46. The smallest absolute Gasteiger partial charge is 0.0818 e. The highest BCUT2D eigenvalue weighted by molar-refractivity contribution is 5.31. The Labute approximate surface area is 123 Å². The van der Waals surface area contributed by atoms with Crippen LogP contribution in [0.25, 0.3) is 0 Å². The van der Waals surface area contributed by atoms with Crippen molar-refractivity contribution in [1.29, 1.82) is 0 Å². The van der Waals surface area contributed by atoms with Crippen LogP contribution in [0.1, 0.15) is 67.7 Å². The number of hydrogen-bond donors (Lipinski definition) is 1. The summed E-state index contributed by atoms with van der Waals surface area (Å²) in [5.74, 6) is 2.34.